The Labute approximate surface area is 121 Å². The first-order valence-corrected chi connectivity index (χ1v) is 7.01. The van der Waals surface area contributed by atoms with Gasteiger partial charge in [0, 0.05) is 25.5 Å². The normalized spacial score (nSPS) is 10.8. The second-order valence-electron chi connectivity index (χ2n) is 5.22. The predicted molar refractivity (Wildman–Crippen MR) is 81.7 cm³/mol. The summed E-state index contributed by atoms with van der Waals surface area (Å²) in [4.78, 5) is 4.16. The smallest absolute Gasteiger partial charge is 0.120 e. The van der Waals surface area contributed by atoms with Crippen molar-refractivity contribution in [1.29, 1.82) is 0 Å². The predicted octanol–water partition coefficient (Wildman–Crippen LogP) is 3.47. The summed E-state index contributed by atoms with van der Waals surface area (Å²) in [6.45, 7) is 7.83. The minimum atomic E-state index is 0.205. The van der Waals surface area contributed by atoms with Crippen LogP contribution in [0.4, 0.5) is 0 Å². The summed E-state index contributed by atoms with van der Waals surface area (Å²) in [7, 11) is 0. The molecule has 2 rings (SSSR count). The summed E-state index contributed by atoms with van der Waals surface area (Å²) in [5, 5.41) is 3.44. The highest BCUT2D eigenvalue weighted by atomic mass is 16.5. The highest BCUT2D eigenvalue weighted by molar-refractivity contribution is 5.29. The van der Waals surface area contributed by atoms with E-state index >= 15 is 0 Å². The molecule has 3 nitrogen and oxygen atoms in total. The minimum absolute atomic E-state index is 0.205. The van der Waals surface area contributed by atoms with Gasteiger partial charge in [0.05, 0.1) is 6.10 Å². The number of ether oxygens (including phenoxy) is 1. The Morgan fingerprint density at radius 1 is 1.20 bits per heavy atom. The van der Waals surface area contributed by atoms with E-state index in [2.05, 4.69) is 29.4 Å². The van der Waals surface area contributed by atoms with Crippen molar-refractivity contribution < 1.29 is 4.74 Å². The molecule has 0 aliphatic rings. The van der Waals surface area contributed by atoms with Gasteiger partial charge in [0.1, 0.15) is 5.75 Å². The Bertz CT molecular complexity index is 552. The topological polar surface area (TPSA) is 34.2 Å². The first-order chi connectivity index (χ1) is 9.65. The molecule has 0 bridgehead atoms. The Hall–Kier alpha value is -1.87. The van der Waals surface area contributed by atoms with E-state index in [1.54, 1.807) is 0 Å². The van der Waals surface area contributed by atoms with E-state index in [0.29, 0.717) is 0 Å². The van der Waals surface area contributed by atoms with E-state index in [-0.39, 0.29) is 6.10 Å². The van der Waals surface area contributed by atoms with Gasteiger partial charge >= 0.3 is 0 Å². The van der Waals surface area contributed by atoms with Gasteiger partial charge in [-0.25, -0.2) is 0 Å². The van der Waals surface area contributed by atoms with Gasteiger partial charge in [0.2, 0.25) is 0 Å². The Balaban J connectivity index is 1.89. The zero-order chi connectivity index (χ0) is 14.4. The van der Waals surface area contributed by atoms with Crippen LogP contribution >= 0.6 is 0 Å². The lowest BCUT2D eigenvalue weighted by Gasteiger charge is -2.11. The molecule has 1 N–H and O–H groups in total. The van der Waals surface area contributed by atoms with Gasteiger partial charge < -0.3 is 10.1 Å². The van der Waals surface area contributed by atoms with E-state index in [9.17, 15) is 0 Å². The van der Waals surface area contributed by atoms with Crippen LogP contribution in [0, 0.1) is 6.92 Å². The van der Waals surface area contributed by atoms with Gasteiger partial charge in [0.25, 0.3) is 0 Å². The molecule has 106 valence electrons. The zero-order valence-electron chi connectivity index (χ0n) is 12.4. The number of nitrogens with one attached hydrogen (secondary N) is 1. The third-order valence-corrected chi connectivity index (χ3v) is 3.06. The van der Waals surface area contributed by atoms with Crippen LogP contribution in [0.2, 0.25) is 0 Å². The van der Waals surface area contributed by atoms with Crippen molar-refractivity contribution in [3.63, 3.8) is 0 Å². The van der Waals surface area contributed by atoms with E-state index in [1.807, 2.05) is 44.4 Å². The molecule has 0 unspecified atom stereocenters. The van der Waals surface area contributed by atoms with Crippen LogP contribution in [0.3, 0.4) is 0 Å². The minimum Gasteiger partial charge on any atom is -0.491 e. The summed E-state index contributed by atoms with van der Waals surface area (Å²) in [6.07, 6.45) is 3.95. The number of aryl methyl sites for hydroxylation is 1. The lowest BCUT2D eigenvalue weighted by molar-refractivity contribution is 0.242. The number of hydrogen-bond acceptors (Lipinski definition) is 3. The van der Waals surface area contributed by atoms with Crippen LogP contribution in [0.5, 0.6) is 5.75 Å². The number of hydrogen-bond donors (Lipinski definition) is 1. The molecule has 1 heterocycles. The third-order valence-electron chi connectivity index (χ3n) is 3.06. The zero-order valence-corrected chi connectivity index (χ0v) is 12.4. The summed E-state index contributed by atoms with van der Waals surface area (Å²) >= 11 is 0. The van der Waals surface area contributed by atoms with Crippen LogP contribution in [0.1, 0.15) is 30.5 Å². The summed E-state index contributed by atoms with van der Waals surface area (Å²) in [5.41, 5.74) is 3.73. The van der Waals surface area contributed by atoms with Gasteiger partial charge in [-0.05, 0) is 55.7 Å². The summed E-state index contributed by atoms with van der Waals surface area (Å²) in [6, 6.07) is 10.3. The van der Waals surface area contributed by atoms with E-state index in [0.717, 1.165) is 18.8 Å². The fourth-order valence-electron chi connectivity index (χ4n) is 2.02. The standard InChI is InChI=1S/C17H22N2O/c1-13(2)20-17-6-4-5-15(9-17)10-19-12-16-11-18-8-7-14(16)3/h4-9,11,13,19H,10,12H2,1-3H3. The van der Waals surface area contributed by atoms with Crippen molar-refractivity contribution in [2.45, 2.75) is 40.0 Å². The van der Waals surface area contributed by atoms with Crippen LogP contribution in [-0.4, -0.2) is 11.1 Å². The average Bonchev–Trinajstić information content (AvgIpc) is 2.41. The fraction of sp³-hybridized carbons (Fsp3) is 0.353. The molecule has 3 heteroatoms. The molecule has 0 fully saturated rings. The van der Waals surface area contributed by atoms with Gasteiger partial charge in [-0.3, -0.25) is 4.98 Å². The molecular weight excluding hydrogens is 248 g/mol. The Morgan fingerprint density at radius 2 is 2.05 bits per heavy atom. The first kappa shape index (κ1) is 14.5. The van der Waals surface area contributed by atoms with Crippen molar-refractivity contribution >= 4 is 0 Å². The Kier molecular flexibility index (Phi) is 5.13. The van der Waals surface area contributed by atoms with Gasteiger partial charge in [-0.15, -0.1) is 0 Å². The first-order valence-electron chi connectivity index (χ1n) is 7.01. The molecule has 0 atom stereocenters. The third kappa shape index (κ3) is 4.35. The van der Waals surface area contributed by atoms with Crippen LogP contribution < -0.4 is 10.1 Å². The summed E-state index contributed by atoms with van der Waals surface area (Å²) in [5.74, 6) is 0.928. The highest BCUT2D eigenvalue weighted by Crippen LogP contribution is 2.15. The monoisotopic (exact) mass is 270 g/mol. The SMILES string of the molecule is Cc1ccncc1CNCc1cccc(OC(C)C)c1. The Morgan fingerprint density at radius 3 is 2.80 bits per heavy atom. The molecule has 0 spiro atoms. The lowest BCUT2D eigenvalue weighted by Crippen LogP contribution is -2.14. The molecule has 0 aliphatic carbocycles. The molecule has 20 heavy (non-hydrogen) atoms. The molecule has 0 radical (unpaired) electrons. The molecule has 0 amide bonds. The molecule has 2 aromatic rings. The van der Waals surface area contributed by atoms with Crippen molar-refractivity contribution in [1.82, 2.24) is 10.3 Å². The number of benzene rings is 1. The molecule has 0 saturated carbocycles. The second kappa shape index (κ2) is 7.06. The molecule has 0 aliphatic heterocycles. The molecular formula is C17H22N2O. The van der Waals surface area contributed by atoms with Crippen molar-refractivity contribution in [2.24, 2.45) is 0 Å². The maximum Gasteiger partial charge on any atom is 0.120 e. The largest absolute Gasteiger partial charge is 0.491 e. The lowest BCUT2D eigenvalue weighted by atomic mass is 10.1. The maximum atomic E-state index is 5.70. The van der Waals surface area contributed by atoms with Crippen molar-refractivity contribution in [3.8, 4) is 5.75 Å². The number of aromatic nitrogens is 1. The molecule has 0 saturated heterocycles. The summed E-state index contributed by atoms with van der Waals surface area (Å²) < 4.78 is 5.70. The number of rotatable bonds is 6. The fourth-order valence-corrected chi connectivity index (χ4v) is 2.02. The number of nitrogens with zero attached hydrogens (tertiary/aromatic N) is 1. The van der Waals surface area contributed by atoms with Gasteiger partial charge in [-0.1, -0.05) is 12.1 Å². The molecule has 1 aromatic carbocycles. The van der Waals surface area contributed by atoms with E-state index in [4.69, 9.17) is 4.74 Å². The van der Waals surface area contributed by atoms with E-state index < -0.39 is 0 Å². The van der Waals surface area contributed by atoms with Gasteiger partial charge in [0.15, 0.2) is 0 Å². The van der Waals surface area contributed by atoms with Crippen LogP contribution in [-0.2, 0) is 13.1 Å². The van der Waals surface area contributed by atoms with Crippen LogP contribution in [0.15, 0.2) is 42.7 Å². The van der Waals surface area contributed by atoms with Gasteiger partial charge in [-0.2, -0.15) is 0 Å². The maximum absolute atomic E-state index is 5.70. The average molecular weight is 270 g/mol. The van der Waals surface area contributed by atoms with Crippen molar-refractivity contribution in [3.05, 3.63) is 59.4 Å². The van der Waals surface area contributed by atoms with Crippen molar-refractivity contribution in [2.75, 3.05) is 0 Å². The quantitative estimate of drug-likeness (QED) is 0.872. The number of pyridine rings is 1. The molecule has 1 aromatic heterocycles. The highest BCUT2D eigenvalue weighted by Gasteiger charge is 2.01. The second-order valence-corrected chi connectivity index (χ2v) is 5.22. The van der Waals surface area contributed by atoms with E-state index in [1.165, 1.54) is 16.7 Å². The van der Waals surface area contributed by atoms with Crippen LogP contribution in [0.25, 0.3) is 0 Å².